The molecule has 2 heterocycles. The number of Topliss-reactive ketones (excluding diaryl/α,β-unsaturated/α-hetero) is 1. The molecule has 0 aliphatic rings. The largest absolute Gasteiger partial charge is 0.481 e. The van der Waals surface area contributed by atoms with Crippen molar-refractivity contribution in [1.82, 2.24) is 18.7 Å². The van der Waals surface area contributed by atoms with Crippen LogP contribution in [0.4, 0.5) is 0 Å². The van der Waals surface area contributed by atoms with Crippen LogP contribution in [0.1, 0.15) is 28.0 Å². The third kappa shape index (κ3) is 4.67. The van der Waals surface area contributed by atoms with Gasteiger partial charge in [0, 0.05) is 35.6 Å². The van der Waals surface area contributed by atoms with Gasteiger partial charge in [0.2, 0.25) is 0 Å². The topological polar surface area (TPSA) is 174 Å². The summed E-state index contributed by atoms with van der Waals surface area (Å²) in [4.78, 5) is 59.0. The number of nitrogens with zero attached hydrogens (tertiary/aromatic N) is 4. The zero-order chi connectivity index (χ0) is 26.1. The molecular formula is C15H20N4O8. The van der Waals surface area contributed by atoms with E-state index in [9.17, 15) is 29.1 Å². The molecule has 2 aromatic heterocycles. The molecule has 0 aliphatic heterocycles. The summed E-state index contributed by atoms with van der Waals surface area (Å²) < 4.78 is 45.0. The Kier molecular flexibility index (Phi) is 4.08. The first-order valence-electron chi connectivity index (χ1n) is 10.1. The number of aryl methyl sites for hydroxylation is 2. The van der Waals surface area contributed by atoms with E-state index in [2.05, 4.69) is 4.98 Å². The van der Waals surface area contributed by atoms with E-state index in [1.54, 1.807) is 0 Å². The number of fused-ring (bicyclic) bond motifs is 1. The molecule has 0 aromatic carbocycles. The normalized spacial score (nSPS) is 17.0. The van der Waals surface area contributed by atoms with E-state index >= 15 is 0 Å². The van der Waals surface area contributed by atoms with Gasteiger partial charge >= 0.3 is 17.6 Å². The van der Waals surface area contributed by atoms with E-state index in [0.717, 1.165) is 13.3 Å². The number of carboxylic acids is 2. The maximum absolute atomic E-state index is 12.1. The average Bonchev–Trinajstić information content (AvgIpc) is 2.92. The Bertz CT molecular complexity index is 1190. The van der Waals surface area contributed by atoms with Gasteiger partial charge in [0.05, 0.1) is 12.7 Å². The number of carbonyl (C=O) groups excluding carboxylic acids is 1. The van der Waals surface area contributed by atoms with Crippen LogP contribution < -0.4 is 11.2 Å². The van der Waals surface area contributed by atoms with Crippen molar-refractivity contribution in [3.8, 4) is 0 Å². The minimum Gasteiger partial charge on any atom is -0.481 e. The van der Waals surface area contributed by atoms with Crippen LogP contribution in [0.25, 0.3) is 11.2 Å². The first kappa shape index (κ1) is 13.9. The molecule has 3 N–H and O–H groups in total. The van der Waals surface area contributed by atoms with Crippen molar-refractivity contribution in [2.24, 2.45) is 21.0 Å². The summed E-state index contributed by atoms with van der Waals surface area (Å²) in [6.07, 6.45) is -0.547. The number of carbonyl (C=O) groups is 3. The number of imidazole rings is 1. The molecule has 12 nitrogen and oxygen atoms in total. The Hall–Kier alpha value is -3.28. The minimum absolute atomic E-state index is 0.0522. The molecule has 0 radical (unpaired) electrons. The van der Waals surface area contributed by atoms with Crippen molar-refractivity contribution < 1.29 is 37.9 Å². The molecule has 2 aromatic rings. The number of rotatable bonds is 5. The van der Waals surface area contributed by atoms with Crippen molar-refractivity contribution in [3.63, 3.8) is 0 Å². The molecule has 0 fully saturated rings. The average molecular weight is 390 g/mol. The maximum Gasteiger partial charge on any atom is 0.336 e. The van der Waals surface area contributed by atoms with Crippen LogP contribution in [-0.2, 0) is 35.4 Å². The molecule has 148 valence electrons. The molecule has 1 unspecified atom stereocenters. The summed E-state index contributed by atoms with van der Waals surface area (Å²) in [6.45, 7) is -4.96. The number of aliphatic carboxylic acids is 2. The Morgan fingerprint density at radius 3 is 2.22 bits per heavy atom. The molecule has 0 amide bonds. The summed E-state index contributed by atoms with van der Waals surface area (Å²) in [6, 6.07) is 0. The number of hydrogen-bond donors (Lipinski definition) is 3. The second-order valence-corrected chi connectivity index (χ2v) is 5.57. The van der Waals surface area contributed by atoms with Gasteiger partial charge in [-0.15, -0.1) is 0 Å². The van der Waals surface area contributed by atoms with Crippen molar-refractivity contribution >= 4 is 28.9 Å². The highest BCUT2D eigenvalue weighted by atomic mass is 16.4. The third-order valence-electron chi connectivity index (χ3n) is 3.30. The van der Waals surface area contributed by atoms with Gasteiger partial charge in [0.25, 0.3) is 5.56 Å². The molecule has 0 bridgehead atoms. The Morgan fingerprint density at radius 1 is 1.19 bits per heavy atom. The van der Waals surface area contributed by atoms with Gasteiger partial charge in [-0.25, -0.2) is 14.6 Å². The molecule has 1 atom stereocenters. The number of aliphatic hydroxyl groups is 1. The predicted molar refractivity (Wildman–Crippen MR) is 91.3 cm³/mol. The Balaban J connectivity index is 0.000000366. The molecule has 0 aliphatic carbocycles. The highest BCUT2D eigenvalue weighted by Crippen LogP contribution is 2.16. The fourth-order valence-electron chi connectivity index (χ4n) is 2.09. The number of aromatic nitrogens is 4. The van der Waals surface area contributed by atoms with Crippen LogP contribution in [-0.4, -0.2) is 57.3 Å². The van der Waals surface area contributed by atoms with Crippen LogP contribution in [0.2, 0.25) is 0 Å². The summed E-state index contributed by atoms with van der Waals surface area (Å²) in [5, 5.41) is 26.0. The van der Waals surface area contributed by atoms with Crippen LogP contribution in [0.3, 0.4) is 0 Å². The minimum atomic E-state index is -3.08. The molecule has 2 rings (SSSR count). The fourth-order valence-corrected chi connectivity index (χ4v) is 2.09. The second kappa shape index (κ2) is 7.95. The molecule has 27 heavy (non-hydrogen) atoms. The van der Waals surface area contributed by atoms with Crippen molar-refractivity contribution in [1.29, 1.82) is 0 Å². The SMILES string of the molecule is CC(=O)CC(O)(CC(=O)O)C(=O)O.[2H]C([2H])([2H])n1c(=O)c2c(ncn2C)n(C([2H])([2H])[2H])c1=O. The first-order valence-corrected chi connectivity index (χ1v) is 7.11. The van der Waals surface area contributed by atoms with Crippen molar-refractivity contribution in [2.75, 3.05) is 0 Å². The summed E-state index contributed by atoms with van der Waals surface area (Å²) in [7, 11) is 1.40. The molecular weight excluding hydrogens is 364 g/mol. The van der Waals surface area contributed by atoms with Gasteiger partial charge in [-0.2, -0.15) is 0 Å². The van der Waals surface area contributed by atoms with Crippen molar-refractivity contribution in [2.45, 2.75) is 25.4 Å². The van der Waals surface area contributed by atoms with Gasteiger partial charge < -0.3 is 19.9 Å². The first-order chi connectivity index (χ1) is 14.7. The monoisotopic (exact) mass is 390 g/mol. The van der Waals surface area contributed by atoms with E-state index in [1.807, 2.05) is 0 Å². The number of hydrogen-bond acceptors (Lipinski definition) is 7. The van der Waals surface area contributed by atoms with Crippen LogP contribution in [0.5, 0.6) is 0 Å². The highest BCUT2D eigenvalue weighted by molar-refractivity contribution is 5.90. The lowest BCUT2D eigenvalue weighted by atomic mass is 9.94. The van der Waals surface area contributed by atoms with E-state index in [-0.39, 0.29) is 20.3 Å². The van der Waals surface area contributed by atoms with Crippen LogP contribution in [0, 0.1) is 0 Å². The van der Waals surface area contributed by atoms with Gasteiger partial charge in [-0.3, -0.25) is 23.5 Å². The van der Waals surface area contributed by atoms with Gasteiger partial charge in [0.1, 0.15) is 5.78 Å². The van der Waals surface area contributed by atoms with E-state index in [1.165, 1.54) is 11.6 Å². The number of carboxylic acid groups (broad SMARTS) is 2. The summed E-state index contributed by atoms with van der Waals surface area (Å²) in [5.74, 6) is -3.75. The Morgan fingerprint density at radius 2 is 1.78 bits per heavy atom. The smallest absolute Gasteiger partial charge is 0.336 e. The van der Waals surface area contributed by atoms with E-state index < -0.39 is 61.4 Å². The molecule has 0 saturated heterocycles. The Labute approximate surface area is 160 Å². The van der Waals surface area contributed by atoms with Crippen LogP contribution in [0.15, 0.2) is 15.9 Å². The zero-order valence-corrected chi connectivity index (χ0v) is 14.2. The molecule has 0 saturated carbocycles. The van der Waals surface area contributed by atoms with E-state index in [0.29, 0.717) is 0 Å². The molecule has 12 heteroatoms. The third-order valence-corrected chi connectivity index (χ3v) is 3.30. The summed E-state index contributed by atoms with van der Waals surface area (Å²) in [5.41, 5.74) is -5.68. The maximum atomic E-state index is 12.1. The van der Waals surface area contributed by atoms with Gasteiger partial charge in [0.15, 0.2) is 16.8 Å². The lowest BCUT2D eigenvalue weighted by Gasteiger charge is -2.19. The lowest BCUT2D eigenvalue weighted by molar-refractivity contribution is -0.167. The fraction of sp³-hybridized carbons (Fsp3) is 0.467. The lowest BCUT2D eigenvalue weighted by Crippen LogP contribution is -2.42. The van der Waals surface area contributed by atoms with Crippen LogP contribution >= 0.6 is 0 Å². The van der Waals surface area contributed by atoms with Crippen molar-refractivity contribution in [3.05, 3.63) is 27.2 Å². The predicted octanol–water partition coefficient (Wildman–Crippen LogP) is -1.77. The van der Waals surface area contributed by atoms with Gasteiger partial charge in [-0.1, -0.05) is 0 Å². The zero-order valence-electron chi connectivity index (χ0n) is 20.2. The quantitative estimate of drug-likeness (QED) is 0.533. The second-order valence-electron chi connectivity index (χ2n) is 5.57. The molecule has 0 spiro atoms. The highest BCUT2D eigenvalue weighted by Gasteiger charge is 2.39. The van der Waals surface area contributed by atoms with E-state index in [4.69, 9.17) is 18.4 Å². The van der Waals surface area contributed by atoms with Gasteiger partial charge in [-0.05, 0) is 6.92 Å². The number of ketones is 1. The standard InChI is InChI=1S/C8H10N4O2.C7H10O6/c1-10-4-9-6-5(10)7(13)12(3)8(14)11(6)2;1-4(8)2-7(13,6(11)12)3-5(9)10/h4H,1-3H3;13H,2-3H2,1H3,(H,9,10)(H,11,12)/i2D3,3D3;. The summed E-state index contributed by atoms with van der Waals surface area (Å²) >= 11 is 0.